The van der Waals surface area contributed by atoms with Crippen molar-refractivity contribution < 1.29 is 23.6 Å². The van der Waals surface area contributed by atoms with Crippen LogP contribution >= 0.6 is 0 Å². The minimum Gasteiger partial charge on any atom is -0.497 e. The summed E-state index contributed by atoms with van der Waals surface area (Å²) in [6.45, 7) is 0. The highest BCUT2D eigenvalue weighted by Crippen LogP contribution is 2.47. The number of carbonyl (C=O) groups excluding carboxylic acids is 2. The number of benzene rings is 2. The molecule has 7 nitrogen and oxygen atoms in total. The van der Waals surface area contributed by atoms with E-state index in [0.717, 1.165) is 5.69 Å². The number of hydrogen-bond acceptors (Lipinski definition) is 6. The first-order chi connectivity index (χ1) is 14.2. The van der Waals surface area contributed by atoms with Gasteiger partial charge in [0.2, 0.25) is 5.91 Å². The number of fused-ring (bicyclic) bond motifs is 1. The highest BCUT2D eigenvalue weighted by Gasteiger charge is 2.61. The summed E-state index contributed by atoms with van der Waals surface area (Å²) in [5, 5.41) is 1.61. The van der Waals surface area contributed by atoms with Gasteiger partial charge >= 0.3 is 0 Å². The number of methoxy groups -OCH3 is 1. The molecule has 3 atom stereocenters. The first-order valence-electron chi connectivity index (χ1n) is 9.25. The lowest BCUT2D eigenvalue weighted by molar-refractivity contribution is -0.126. The Morgan fingerprint density at radius 1 is 0.862 bits per heavy atom. The van der Waals surface area contributed by atoms with Gasteiger partial charge in [0.05, 0.1) is 24.7 Å². The summed E-state index contributed by atoms with van der Waals surface area (Å²) in [6, 6.07) is 19.2. The van der Waals surface area contributed by atoms with E-state index in [-0.39, 0.29) is 11.8 Å². The molecule has 0 unspecified atom stereocenters. The predicted octanol–water partition coefficient (Wildman–Crippen LogP) is 3.34. The lowest BCUT2D eigenvalue weighted by atomic mass is 9.94. The van der Waals surface area contributed by atoms with Crippen LogP contribution in [0.15, 0.2) is 77.4 Å². The molecule has 3 heterocycles. The summed E-state index contributed by atoms with van der Waals surface area (Å²) < 4.78 is 10.8. The molecule has 2 aliphatic heterocycles. The Morgan fingerprint density at radius 3 is 2.28 bits per heavy atom. The average molecular weight is 390 g/mol. The standard InChI is InChI=1S/C22H18N2O5/c1-27-16-11-9-14(10-12-16)23-21(25)18-19(17-8-5-13-28-17)24(29-20(18)22(23)26)15-6-3-2-4-7-15/h2-13,18-20H,1H3/t18-,19+,20-/m0/s1. The molecule has 29 heavy (non-hydrogen) atoms. The van der Waals surface area contributed by atoms with Crippen LogP contribution in [0.2, 0.25) is 0 Å². The monoisotopic (exact) mass is 390 g/mol. The van der Waals surface area contributed by atoms with Crippen molar-refractivity contribution in [3.05, 3.63) is 78.8 Å². The molecule has 0 saturated carbocycles. The third-order valence-electron chi connectivity index (χ3n) is 5.29. The smallest absolute Gasteiger partial charge is 0.266 e. The Labute approximate surface area is 167 Å². The molecule has 2 aromatic carbocycles. The maximum Gasteiger partial charge on any atom is 0.266 e. The fourth-order valence-electron chi connectivity index (χ4n) is 3.95. The molecule has 0 N–H and O–H groups in total. The third-order valence-corrected chi connectivity index (χ3v) is 5.29. The molecular formula is C22H18N2O5. The molecule has 146 valence electrons. The van der Waals surface area contributed by atoms with Crippen LogP contribution < -0.4 is 14.7 Å². The van der Waals surface area contributed by atoms with E-state index in [1.54, 1.807) is 54.8 Å². The fourth-order valence-corrected chi connectivity index (χ4v) is 3.95. The van der Waals surface area contributed by atoms with Gasteiger partial charge in [-0.15, -0.1) is 0 Å². The lowest BCUT2D eigenvalue weighted by Gasteiger charge is -2.27. The maximum absolute atomic E-state index is 13.4. The van der Waals surface area contributed by atoms with Gasteiger partial charge in [0.15, 0.2) is 6.10 Å². The molecule has 2 fully saturated rings. The van der Waals surface area contributed by atoms with Crippen molar-refractivity contribution in [2.45, 2.75) is 12.1 Å². The Balaban J connectivity index is 1.54. The van der Waals surface area contributed by atoms with Crippen LogP contribution in [0, 0.1) is 5.92 Å². The number of hydrogen-bond donors (Lipinski definition) is 0. The van der Waals surface area contributed by atoms with Crippen molar-refractivity contribution in [3.8, 4) is 5.75 Å². The molecule has 0 bridgehead atoms. The number of nitrogens with zero attached hydrogens (tertiary/aromatic N) is 2. The molecule has 5 rings (SSSR count). The van der Waals surface area contributed by atoms with Gasteiger partial charge in [0, 0.05) is 0 Å². The van der Waals surface area contributed by atoms with Gasteiger partial charge in [-0.1, -0.05) is 18.2 Å². The van der Waals surface area contributed by atoms with Crippen LogP contribution in [0.25, 0.3) is 0 Å². The number of imide groups is 1. The van der Waals surface area contributed by atoms with Crippen LogP contribution in [0.3, 0.4) is 0 Å². The Morgan fingerprint density at radius 2 is 1.62 bits per heavy atom. The topological polar surface area (TPSA) is 72.2 Å². The zero-order valence-corrected chi connectivity index (χ0v) is 15.6. The van der Waals surface area contributed by atoms with Gasteiger partial charge in [0.25, 0.3) is 5.91 Å². The second kappa shape index (κ2) is 6.79. The lowest BCUT2D eigenvalue weighted by Crippen LogP contribution is -2.37. The van der Waals surface area contributed by atoms with E-state index >= 15 is 0 Å². The van der Waals surface area contributed by atoms with E-state index in [2.05, 4.69) is 0 Å². The van der Waals surface area contributed by atoms with Crippen molar-refractivity contribution in [1.29, 1.82) is 0 Å². The molecule has 0 aliphatic carbocycles. The zero-order valence-electron chi connectivity index (χ0n) is 15.6. The van der Waals surface area contributed by atoms with Crippen molar-refractivity contribution in [3.63, 3.8) is 0 Å². The molecule has 0 radical (unpaired) electrons. The summed E-state index contributed by atoms with van der Waals surface area (Å²) in [5.74, 6) is -0.201. The van der Waals surface area contributed by atoms with E-state index in [4.69, 9.17) is 14.0 Å². The molecule has 7 heteroatoms. The Hall–Kier alpha value is -3.58. The number of furan rings is 1. The average Bonchev–Trinajstić information content (AvgIpc) is 3.47. The number of hydroxylamine groups is 1. The molecule has 2 aliphatic rings. The van der Waals surface area contributed by atoms with Crippen molar-refractivity contribution in [2.24, 2.45) is 5.92 Å². The van der Waals surface area contributed by atoms with E-state index < -0.39 is 18.1 Å². The summed E-state index contributed by atoms with van der Waals surface area (Å²) in [4.78, 5) is 33.7. The van der Waals surface area contributed by atoms with E-state index in [1.165, 1.54) is 4.90 Å². The van der Waals surface area contributed by atoms with Gasteiger partial charge in [-0.2, -0.15) is 0 Å². The number of para-hydroxylation sites is 1. The molecule has 3 aromatic rings. The van der Waals surface area contributed by atoms with Crippen LogP contribution in [-0.4, -0.2) is 25.0 Å². The van der Waals surface area contributed by atoms with Crippen LogP contribution in [0.5, 0.6) is 5.75 Å². The first kappa shape index (κ1) is 17.5. The van der Waals surface area contributed by atoms with Gasteiger partial charge in [-0.3, -0.25) is 14.4 Å². The second-order valence-corrected chi connectivity index (χ2v) is 6.88. The molecule has 2 saturated heterocycles. The highest BCUT2D eigenvalue weighted by atomic mass is 16.7. The summed E-state index contributed by atoms with van der Waals surface area (Å²) >= 11 is 0. The predicted molar refractivity (Wildman–Crippen MR) is 104 cm³/mol. The number of ether oxygens (including phenoxy) is 1. The van der Waals surface area contributed by atoms with Gasteiger partial charge in [0.1, 0.15) is 23.5 Å². The van der Waals surface area contributed by atoms with Crippen LogP contribution in [-0.2, 0) is 14.4 Å². The molecule has 2 amide bonds. The zero-order chi connectivity index (χ0) is 20.0. The first-order valence-corrected chi connectivity index (χ1v) is 9.25. The number of anilines is 2. The molecule has 1 aromatic heterocycles. The number of carbonyl (C=O) groups is 2. The van der Waals surface area contributed by atoms with E-state index in [1.807, 2.05) is 30.3 Å². The minimum absolute atomic E-state index is 0.315. The fraction of sp³-hybridized carbons (Fsp3) is 0.182. The van der Waals surface area contributed by atoms with Gasteiger partial charge in [-0.05, 0) is 48.5 Å². The quantitative estimate of drug-likeness (QED) is 0.637. The SMILES string of the molecule is COc1ccc(N2C(=O)[C@@H]3[C@H](ON(c4ccccc4)[C@@H]3c3ccco3)C2=O)cc1. The van der Waals surface area contributed by atoms with E-state index in [0.29, 0.717) is 17.2 Å². The number of amides is 2. The second-order valence-electron chi connectivity index (χ2n) is 6.88. The van der Waals surface area contributed by atoms with Gasteiger partial charge < -0.3 is 9.15 Å². The van der Waals surface area contributed by atoms with Crippen molar-refractivity contribution in [2.75, 3.05) is 17.1 Å². The van der Waals surface area contributed by atoms with E-state index in [9.17, 15) is 9.59 Å². The number of rotatable bonds is 4. The summed E-state index contributed by atoms with van der Waals surface area (Å²) in [5.41, 5.74) is 1.24. The molecular weight excluding hydrogens is 372 g/mol. The Bertz CT molecular complexity index is 1030. The normalized spacial score (nSPS) is 23.6. The van der Waals surface area contributed by atoms with Gasteiger partial charge in [-0.25, -0.2) is 9.96 Å². The Kier molecular flexibility index (Phi) is 4.10. The minimum atomic E-state index is -0.917. The van der Waals surface area contributed by atoms with Crippen molar-refractivity contribution in [1.82, 2.24) is 0 Å². The van der Waals surface area contributed by atoms with Crippen molar-refractivity contribution >= 4 is 23.2 Å². The van der Waals surface area contributed by atoms with Crippen LogP contribution in [0.1, 0.15) is 11.8 Å². The molecule has 0 spiro atoms. The third kappa shape index (κ3) is 2.70. The maximum atomic E-state index is 13.4. The summed E-state index contributed by atoms with van der Waals surface area (Å²) in [6.07, 6.45) is 0.633. The largest absolute Gasteiger partial charge is 0.497 e. The van der Waals surface area contributed by atoms with Crippen LogP contribution in [0.4, 0.5) is 11.4 Å². The summed E-state index contributed by atoms with van der Waals surface area (Å²) in [7, 11) is 1.56. The highest BCUT2D eigenvalue weighted by molar-refractivity contribution is 6.23.